The number of rotatable bonds is 18. The molecule has 0 radical (unpaired) electrons. The number of aliphatic carboxylic acids is 2. The van der Waals surface area contributed by atoms with Crippen molar-refractivity contribution in [2.75, 3.05) is 45.9 Å². The Balaban J connectivity index is 0.000000337. The number of ether oxygens (including phenoxy) is 2. The topological polar surface area (TPSA) is 249 Å². The van der Waals surface area contributed by atoms with Gasteiger partial charge in [-0.2, -0.15) is 70.2 Å². The number of nitrogens with zero attached hydrogens (tertiary/aromatic N) is 4. The van der Waals surface area contributed by atoms with Gasteiger partial charge in [0.25, 0.3) is 5.91 Å². The van der Waals surface area contributed by atoms with Gasteiger partial charge in [-0.25, -0.2) is 36.7 Å². The highest BCUT2D eigenvalue weighted by Gasteiger charge is 2.59. The number of aromatic nitrogens is 2. The molecule has 5 heterocycles. The highest BCUT2D eigenvalue weighted by molar-refractivity contribution is 7.94. The summed E-state index contributed by atoms with van der Waals surface area (Å²) < 4.78 is 254. The average molecular weight is 1420 g/mol. The normalized spacial score (nSPS) is 17.7. The van der Waals surface area contributed by atoms with Crippen molar-refractivity contribution in [1.29, 1.82) is 0 Å². The fourth-order valence-electron chi connectivity index (χ4n) is 9.48. The Morgan fingerprint density at radius 2 is 0.926 bits per heavy atom. The van der Waals surface area contributed by atoms with Crippen LogP contribution in [0.1, 0.15) is 104 Å². The van der Waals surface area contributed by atoms with Crippen molar-refractivity contribution in [3.05, 3.63) is 96.3 Å². The molecule has 0 saturated carbocycles. The Labute approximate surface area is 535 Å². The lowest BCUT2D eigenvalue weighted by Crippen LogP contribution is -2.58. The number of carboxylic acid groups (broad SMARTS) is 2. The van der Waals surface area contributed by atoms with Crippen LogP contribution in [-0.2, 0) is 66.0 Å². The summed E-state index contributed by atoms with van der Waals surface area (Å²) in [5, 5.41) is 14.2. The first kappa shape index (κ1) is 80.7. The third-order valence-electron chi connectivity index (χ3n) is 15.2. The number of esters is 1. The maximum atomic E-state index is 14.0. The van der Waals surface area contributed by atoms with Crippen LogP contribution in [0.4, 0.5) is 70.2 Å². The summed E-state index contributed by atoms with van der Waals surface area (Å²) in [5.41, 5.74) is 3.66. The molecule has 2 aromatic carbocycles. The maximum absolute atomic E-state index is 14.0. The van der Waals surface area contributed by atoms with E-state index in [1.54, 1.807) is 20.8 Å². The molecule has 3 fully saturated rings. The second-order valence-corrected chi connectivity index (χ2v) is 27.4. The first-order chi connectivity index (χ1) is 43.6. The van der Waals surface area contributed by atoms with Crippen LogP contribution in [0.2, 0.25) is 0 Å². The number of carbonyl (C=O) groups excluding carboxylic acids is 2. The number of aryl methyl sites for hydroxylation is 2. The van der Waals surface area contributed by atoms with Crippen LogP contribution in [0.3, 0.4) is 0 Å². The molecule has 4 aromatic rings. The summed E-state index contributed by atoms with van der Waals surface area (Å²) >= 11 is 0. The number of hydrogen-bond donors (Lipinski definition) is 3. The molecule has 7 rings (SSSR count). The van der Waals surface area contributed by atoms with Gasteiger partial charge in [0.15, 0.2) is 35.5 Å². The van der Waals surface area contributed by atoms with Gasteiger partial charge in [-0.3, -0.25) is 19.6 Å². The fourth-order valence-corrected chi connectivity index (χ4v) is 13.4. The standard InChI is InChI=1S/C28H34F5N3O5S.C27H33F5N2O4S.2C2HF3O2/c1-2-36-16-14-26(15-17-36,25(37)35-41-24-5-3-4-18-40-24)42(38,39)22-9-7-21(8-10-22)23-11-6-20(19-34-23)12-13-27(29,30)28(31,32)33;1-5-34-16-14-25(15-17-34,23(35)38-24(2,3)4)39(36,37)21-9-7-20(8-10-21)22-11-6-19(18-33-22)12-13-26(28,29)27(30,31)32;2*3-2(4,5)1(6)7/h6-11,19,24H,2-5,12-18H2,1H3,(H,35,37);6-11,18H,5,12-17H2,1-4H3;2*(H,6,7). The molecule has 532 valence electrons. The Morgan fingerprint density at radius 3 is 1.22 bits per heavy atom. The van der Waals surface area contributed by atoms with Crippen molar-refractivity contribution in [1.82, 2.24) is 25.2 Å². The molecule has 3 saturated heterocycles. The lowest BCUT2D eigenvalue weighted by Gasteiger charge is -2.40. The quantitative estimate of drug-likeness (QED) is 0.0476. The molecule has 3 aliphatic rings. The van der Waals surface area contributed by atoms with Crippen molar-refractivity contribution in [2.24, 2.45) is 0 Å². The predicted molar refractivity (Wildman–Crippen MR) is 307 cm³/mol. The number of sulfone groups is 2. The average Bonchev–Trinajstić information content (AvgIpc) is 0.749. The molecular weight excluding hydrogens is 1350 g/mol. The van der Waals surface area contributed by atoms with E-state index in [0.29, 0.717) is 61.7 Å². The summed E-state index contributed by atoms with van der Waals surface area (Å²) in [4.78, 5) is 62.3. The van der Waals surface area contributed by atoms with Crippen molar-refractivity contribution >= 4 is 43.5 Å². The van der Waals surface area contributed by atoms with Gasteiger partial charge in [0, 0.05) is 75.6 Å². The van der Waals surface area contributed by atoms with E-state index >= 15 is 0 Å². The minimum atomic E-state index is -5.62. The highest BCUT2D eigenvalue weighted by Crippen LogP contribution is 2.42. The van der Waals surface area contributed by atoms with E-state index in [4.69, 9.17) is 34.1 Å². The van der Waals surface area contributed by atoms with E-state index < -0.39 is 127 Å². The number of carboxylic acids is 2. The number of nitrogens with one attached hydrogen (secondary N) is 1. The van der Waals surface area contributed by atoms with Crippen LogP contribution in [0.15, 0.2) is 95.0 Å². The smallest absolute Gasteiger partial charge is 0.475 e. The lowest BCUT2D eigenvalue weighted by atomic mass is 9.95. The molecule has 2 aromatic heterocycles. The molecule has 1 unspecified atom stereocenters. The monoisotopic (exact) mass is 1420 g/mol. The number of amides is 1. The van der Waals surface area contributed by atoms with Crippen LogP contribution in [0, 0.1) is 0 Å². The van der Waals surface area contributed by atoms with Crippen LogP contribution in [0.5, 0.6) is 0 Å². The largest absolute Gasteiger partial charge is 0.490 e. The van der Waals surface area contributed by atoms with Gasteiger partial charge < -0.3 is 29.5 Å². The minimum absolute atomic E-state index is 0.0481. The number of carbonyl (C=O) groups is 4. The van der Waals surface area contributed by atoms with Gasteiger partial charge >= 0.3 is 54.5 Å². The highest BCUT2D eigenvalue weighted by atomic mass is 32.2. The summed E-state index contributed by atoms with van der Waals surface area (Å²) in [5.74, 6) is -16.6. The molecule has 3 N–H and O–H groups in total. The van der Waals surface area contributed by atoms with E-state index in [9.17, 15) is 96.7 Å². The molecule has 0 aliphatic carbocycles. The summed E-state index contributed by atoms with van der Waals surface area (Å²) in [6, 6.07) is 17.3. The Kier molecular flexibility index (Phi) is 27.2. The molecule has 36 heteroatoms. The number of pyridine rings is 2. The van der Waals surface area contributed by atoms with Gasteiger partial charge in [0.2, 0.25) is 0 Å². The van der Waals surface area contributed by atoms with Crippen LogP contribution < -0.4 is 5.48 Å². The SMILES string of the molecule is CCN1CCC(C(=O)NOC2CCCCO2)(S(=O)(=O)c2ccc(-c3ccc(CCC(F)(F)C(F)(F)F)cn3)cc2)CC1.CCN1CCC(C(=O)OC(C)(C)C)(S(=O)(=O)c2ccc(-c3ccc(CCC(F)(F)C(F)(F)F)cn3)cc2)CC1.O=C(O)C(F)(F)F.O=C(O)C(F)(F)F. The number of likely N-dealkylation sites (tertiary alicyclic amines) is 2. The molecule has 3 aliphatic heterocycles. The molecule has 0 bridgehead atoms. The number of benzene rings is 2. The summed E-state index contributed by atoms with van der Waals surface area (Å²) in [6.45, 7) is 12.6. The van der Waals surface area contributed by atoms with Gasteiger partial charge in [0.1, 0.15) is 5.60 Å². The van der Waals surface area contributed by atoms with Gasteiger partial charge in [-0.1, -0.05) is 50.2 Å². The van der Waals surface area contributed by atoms with E-state index in [1.165, 1.54) is 85.2 Å². The van der Waals surface area contributed by atoms with Gasteiger partial charge in [-0.05, 0) is 133 Å². The van der Waals surface area contributed by atoms with Crippen LogP contribution >= 0.6 is 0 Å². The maximum Gasteiger partial charge on any atom is 0.490 e. The van der Waals surface area contributed by atoms with Crippen LogP contribution in [-0.4, -0.2) is 174 Å². The van der Waals surface area contributed by atoms with E-state index in [1.807, 2.05) is 13.8 Å². The van der Waals surface area contributed by atoms with E-state index in [2.05, 4.69) is 25.2 Å². The Morgan fingerprint density at radius 1 is 0.568 bits per heavy atom. The first-order valence-electron chi connectivity index (χ1n) is 28.9. The van der Waals surface area contributed by atoms with Gasteiger partial charge in [0.05, 0.1) is 21.2 Å². The van der Waals surface area contributed by atoms with Crippen molar-refractivity contribution in [3.8, 4) is 22.5 Å². The summed E-state index contributed by atoms with van der Waals surface area (Å²) in [7, 11) is -8.34. The number of alkyl halides is 16. The molecule has 95 heavy (non-hydrogen) atoms. The molecule has 1 amide bonds. The number of hydroxylamine groups is 1. The van der Waals surface area contributed by atoms with E-state index in [0.717, 1.165) is 25.9 Å². The molecular formula is C59H69F16N5O13S2. The zero-order valence-corrected chi connectivity index (χ0v) is 53.1. The minimum Gasteiger partial charge on any atom is -0.475 e. The number of halogens is 16. The Hall–Kier alpha value is -6.76. The molecule has 0 spiro atoms. The molecule has 1 atom stereocenters. The number of piperidine rings is 2. The zero-order chi connectivity index (χ0) is 72.0. The second kappa shape index (κ2) is 32.1. The lowest BCUT2D eigenvalue weighted by molar-refractivity contribution is -0.284. The fraction of sp³-hybridized carbons (Fsp3) is 0.559. The van der Waals surface area contributed by atoms with E-state index in [-0.39, 0.29) is 46.6 Å². The third-order valence-corrected chi connectivity index (χ3v) is 20.2. The molecule has 18 nitrogen and oxygen atoms in total. The van der Waals surface area contributed by atoms with Gasteiger partial charge in [-0.15, -0.1) is 0 Å². The Bertz CT molecular complexity index is 3380. The van der Waals surface area contributed by atoms with Crippen LogP contribution in [0.25, 0.3) is 22.5 Å². The summed E-state index contributed by atoms with van der Waals surface area (Å²) in [6.07, 6.45) is -20.8. The van der Waals surface area contributed by atoms with Crippen molar-refractivity contribution in [2.45, 2.75) is 173 Å². The van der Waals surface area contributed by atoms with Crippen molar-refractivity contribution < 1.29 is 131 Å². The number of hydrogen-bond acceptors (Lipinski definition) is 15. The third kappa shape index (κ3) is 21.6. The van der Waals surface area contributed by atoms with Crippen molar-refractivity contribution in [3.63, 3.8) is 0 Å². The predicted octanol–water partition coefficient (Wildman–Crippen LogP) is 12.2. The zero-order valence-electron chi connectivity index (χ0n) is 51.4. The first-order valence-corrected chi connectivity index (χ1v) is 31.9. The second-order valence-electron chi connectivity index (χ2n) is 22.9.